The Kier molecular flexibility index (Phi) is 5.52. The zero-order valence-electron chi connectivity index (χ0n) is 15.7. The summed E-state index contributed by atoms with van der Waals surface area (Å²) in [5.74, 6) is -1.40. The summed E-state index contributed by atoms with van der Waals surface area (Å²) in [6.45, 7) is -0.0920. The van der Waals surface area contributed by atoms with E-state index in [-0.39, 0.29) is 17.7 Å². The minimum absolute atomic E-state index is 0.0920. The van der Waals surface area contributed by atoms with Crippen molar-refractivity contribution in [1.29, 1.82) is 0 Å². The van der Waals surface area contributed by atoms with Crippen molar-refractivity contribution >= 4 is 5.91 Å². The molecule has 148 valence electrons. The third-order valence-electron chi connectivity index (χ3n) is 4.47. The summed E-state index contributed by atoms with van der Waals surface area (Å²) in [7, 11) is 0. The van der Waals surface area contributed by atoms with Gasteiger partial charge in [-0.15, -0.1) is 0 Å². The van der Waals surface area contributed by atoms with E-state index < -0.39 is 17.5 Å². The molecule has 7 heteroatoms. The minimum atomic E-state index is -0.720. The SMILES string of the molecule is O=C(NCc1ccc(F)cc1F)c1cnc(-c2ccncc2)nc1-c1ccccc1. The van der Waals surface area contributed by atoms with Crippen molar-refractivity contribution in [3.63, 3.8) is 0 Å². The van der Waals surface area contributed by atoms with Crippen LogP contribution in [0.2, 0.25) is 0 Å². The van der Waals surface area contributed by atoms with Gasteiger partial charge in [0.1, 0.15) is 11.6 Å². The molecule has 0 saturated heterocycles. The van der Waals surface area contributed by atoms with Gasteiger partial charge in [-0.25, -0.2) is 18.7 Å². The predicted molar refractivity (Wildman–Crippen MR) is 108 cm³/mol. The van der Waals surface area contributed by atoms with Crippen molar-refractivity contribution in [2.75, 3.05) is 0 Å². The van der Waals surface area contributed by atoms with E-state index in [0.29, 0.717) is 11.5 Å². The molecule has 30 heavy (non-hydrogen) atoms. The summed E-state index contributed by atoms with van der Waals surface area (Å²) >= 11 is 0. The van der Waals surface area contributed by atoms with Gasteiger partial charge < -0.3 is 5.32 Å². The van der Waals surface area contributed by atoms with E-state index in [1.54, 1.807) is 24.5 Å². The lowest BCUT2D eigenvalue weighted by atomic mass is 10.1. The van der Waals surface area contributed by atoms with Gasteiger partial charge in [0.15, 0.2) is 5.82 Å². The second kappa shape index (κ2) is 8.57. The highest BCUT2D eigenvalue weighted by Crippen LogP contribution is 2.24. The first kappa shape index (κ1) is 19.3. The molecule has 5 nitrogen and oxygen atoms in total. The lowest BCUT2D eigenvalue weighted by Crippen LogP contribution is -2.24. The molecular weight excluding hydrogens is 386 g/mol. The van der Waals surface area contributed by atoms with Crippen LogP contribution in [-0.4, -0.2) is 20.9 Å². The van der Waals surface area contributed by atoms with E-state index in [1.807, 2.05) is 30.3 Å². The highest BCUT2D eigenvalue weighted by atomic mass is 19.1. The Labute approximate surface area is 171 Å². The van der Waals surface area contributed by atoms with E-state index >= 15 is 0 Å². The molecule has 2 aromatic heterocycles. The number of pyridine rings is 1. The fourth-order valence-corrected chi connectivity index (χ4v) is 2.94. The molecule has 2 heterocycles. The maximum atomic E-state index is 13.9. The van der Waals surface area contributed by atoms with E-state index in [9.17, 15) is 13.6 Å². The Hall–Kier alpha value is -4.00. The largest absolute Gasteiger partial charge is 0.348 e. The molecular formula is C23H16F2N4O. The molecule has 0 fully saturated rings. The second-order valence-corrected chi connectivity index (χ2v) is 6.48. The average molecular weight is 402 g/mol. The molecule has 0 aliphatic carbocycles. The Bertz CT molecular complexity index is 1180. The standard InChI is InChI=1S/C23H16F2N4O/c24-18-7-6-17(20(25)12-18)13-28-23(30)19-14-27-22(16-8-10-26-11-9-16)29-21(19)15-4-2-1-3-5-15/h1-12,14H,13H2,(H,28,30). The molecule has 1 amide bonds. The predicted octanol–water partition coefficient (Wildman–Crippen LogP) is 4.41. The lowest BCUT2D eigenvalue weighted by Gasteiger charge is -2.12. The number of nitrogens with zero attached hydrogens (tertiary/aromatic N) is 3. The molecule has 0 spiro atoms. The van der Waals surface area contributed by atoms with Crippen molar-refractivity contribution in [3.05, 3.63) is 102 Å². The van der Waals surface area contributed by atoms with Gasteiger partial charge in [-0.3, -0.25) is 9.78 Å². The average Bonchev–Trinajstić information content (AvgIpc) is 2.79. The quantitative estimate of drug-likeness (QED) is 0.537. The van der Waals surface area contributed by atoms with Crippen LogP contribution < -0.4 is 5.32 Å². The summed E-state index contributed by atoms with van der Waals surface area (Å²) in [5, 5.41) is 2.65. The zero-order valence-corrected chi connectivity index (χ0v) is 15.7. The summed E-state index contributed by atoms with van der Waals surface area (Å²) in [5.41, 5.74) is 2.40. The van der Waals surface area contributed by atoms with Crippen molar-refractivity contribution < 1.29 is 13.6 Å². The van der Waals surface area contributed by atoms with Gasteiger partial charge in [0.25, 0.3) is 5.91 Å². The molecule has 0 aliphatic heterocycles. The van der Waals surface area contributed by atoms with Crippen LogP contribution in [0.1, 0.15) is 15.9 Å². The lowest BCUT2D eigenvalue weighted by molar-refractivity contribution is 0.0950. The number of aromatic nitrogens is 3. The number of rotatable bonds is 5. The van der Waals surface area contributed by atoms with Gasteiger partial charge in [-0.2, -0.15) is 0 Å². The van der Waals surface area contributed by atoms with Crippen LogP contribution in [0.4, 0.5) is 8.78 Å². The smallest absolute Gasteiger partial charge is 0.255 e. The molecule has 0 unspecified atom stereocenters. The van der Waals surface area contributed by atoms with Crippen LogP contribution in [0.25, 0.3) is 22.6 Å². The third-order valence-corrected chi connectivity index (χ3v) is 4.47. The molecule has 2 aromatic carbocycles. The molecule has 1 N–H and O–H groups in total. The Morgan fingerprint density at radius 2 is 1.70 bits per heavy atom. The Balaban J connectivity index is 1.67. The molecule has 4 rings (SSSR count). The van der Waals surface area contributed by atoms with E-state index in [1.165, 1.54) is 12.3 Å². The summed E-state index contributed by atoms with van der Waals surface area (Å²) in [6, 6.07) is 16.0. The molecule has 0 radical (unpaired) electrons. The van der Waals surface area contributed by atoms with Crippen molar-refractivity contribution in [2.24, 2.45) is 0 Å². The second-order valence-electron chi connectivity index (χ2n) is 6.48. The van der Waals surface area contributed by atoms with Crippen molar-refractivity contribution in [3.8, 4) is 22.6 Å². The highest BCUT2D eigenvalue weighted by molar-refractivity contribution is 5.99. The molecule has 0 atom stereocenters. The van der Waals surface area contributed by atoms with Gasteiger partial charge in [0.2, 0.25) is 0 Å². The van der Waals surface area contributed by atoms with E-state index in [0.717, 1.165) is 23.3 Å². The number of carbonyl (C=O) groups excluding carboxylic acids is 1. The number of amides is 1. The number of carbonyl (C=O) groups is 1. The minimum Gasteiger partial charge on any atom is -0.348 e. The fraction of sp³-hybridized carbons (Fsp3) is 0.0435. The van der Waals surface area contributed by atoms with E-state index in [4.69, 9.17) is 0 Å². The first-order chi connectivity index (χ1) is 14.6. The molecule has 0 aliphatic rings. The number of hydrogen-bond donors (Lipinski definition) is 1. The summed E-state index contributed by atoms with van der Waals surface area (Å²) in [6.07, 6.45) is 4.72. The first-order valence-corrected chi connectivity index (χ1v) is 9.17. The maximum Gasteiger partial charge on any atom is 0.255 e. The third kappa shape index (κ3) is 4.20. The van der Waals surface area contributed by atoms with Crippen LogP contribution in [-0.2, 0) is 6.54 Å². The normalized spacial score (nSPS) is 10.6. The molecule has 0 saturated carbocycles. The highest BCUT2D eigenvalue weighted by Gasteiger charge is 2.17. The number of hydrogen-bond acceptors (Lipinski definition) is 4. The Morgan fingerprint density at radius 3 is 2.43 bits per heavy atom. The van der Waals surface area contributed by atoms with Gasteiger partial charge in [-0.05, 0) is 18.2 Å². The maximum absolute atomic E-state index is 13.9. The number of halogens is 2. The summed E-state index contributed by atoms with van der Waals surface area (Å²) in [4.78, 5) is 25.7. The monoisotopic (exact) mass is 402 g/mol. The fourth-order valence-electron chi connectivity index (χ4n) is 2.94. The summed E-state index contributed by atoms with van der Waals surface area (Å²) < 4.78 is 26.9. The van der Waals surface area contributed by atoms with Crippen LogP contribution in [0.5, 0.6) is 0 Å². The van der Waals surface area contributed by atoms with Gasteiger partial charge in [0, 0.05) is 47.9 Å². The van der Waals surface area contributed by atoms with Crippen molar-refractivity contribution in [1.82, 2.24) is 20.3 Å². The molecule has 4 aromatic rings. The zero-order chi connectivity index (χ0) is 20.9. The molecule has 0 bridgehead atoms. The van der Waals surface area contributed by atoms with Crippen LogP contribution in [0, 0.1) is 11.6 Å². The van der Waals surface area contributed by atoms with Gasteiger partial charge in [0.05, 0.1) is 11.3 Å². The first-order valence-electron chi connectivity index (χ1n) is 9.17. The number of nitrogens with one attached hydrogen (secondary N) is 1. The Morgan fingerprint density at radius 1 is 0.933 bits per heavy atom. The van der Waals surface area contributed by atoms with E-state index in [2.05, 4.69) is 20.3 Å². The topological polar surface area (TPSA) is 67.8 Å². The van der Waals surface area contributed by atoms with Crippen LogP contribution >= 0.6 is 0 Å². The van der Waals surface area contributed by atoms with Crippen molar-refractivity contribution in [2.45, 2.75) is 6.54 Å². The van der Waals surface area contributed by atoms with Crippen LogP contribution in [0.3, 0.4) is 0 Å². The van der Waals surface area contributed by atoms with Gasteiger partial charge in [-0.1, -0.05) is 36.4 Å². The van der Waals surface area contributed by atoms with Crippen LogP contribution in [0.15, 0.2) is 79.3 Å². The van der Waals surface area contributed by atoms with Gasteiger partial charge >= 0.3 is 0 Å². The number of benzene rings is 2.